The molecule has 0 spiro atoms. The van der Waals surface area contributed by atoms with Crippen molar-refractivity contribution in [3.63, 3.8) is 0 Å². The summed E-state index contributed by atoms with van der Waals surface area (Å²) in [5, 5.41) is 10.9. The van der Waals surface area contributed by atoms with Gasteiger partial charge in [-0.15, -0.1) is 0 Å². The van der Waals surface area contributed by atoms with Gasteiger partial charge in [0.2, 0.25) is 0 Å². The lowest BCUT2D eigenvalue weighted by Crippen LogP contribution is -2.58. The van der Waals surface area contributed by atoms with Gasteiger partial charge in [-0.05, 0) is 56.6 Å². The molecule has 1 aliphatic carbocycles. The number of benzene rings is 1. The summed E-state index contributed by atoms with van der Waals surface area (Å²) in [4.78, 5) is 12.8. The number of carbonyl (C=O) groups is 1. The summed E-state index contributed by atoms with van der Waals surface area (Å²) in [7, 11) is 0. The smallest absolute Gasteiger partial charge is 0.306 e. The minimum Gasteiger partial charge on any atom is -0.455 e. The monoisotopic (exact) mass is 398 g/mol. The van der Waals surface area contributed by atoms with Gasteiger partial charge < -0.3 is 14.6 Å². The van der Waals surface area contributed by atoms with E-state index in [-0.39, 0.29) is 23.9 Å². The minimum atomic E-state index is -0.638. The van der Waals surface area contributed by atoms with Crippen LogP contribution in [0.15, 0.2) is 41.5 Å². The molecule has 0 radical (unpaired) electrons. The zero-order chi connectivity index (χ0) is 20.8. The van der Waals surface area contributed by atoms with E-state index < -0.39 is 17.3 Å². The molecule has 4 rings (SSSR count). The lowest BCUT2D eigenvalue weighted by molar-refractivity contribution is -0.222. The number of rotatable bonds is 6. The molecule has 0 saturated carbocycles. The highest BCUT2D eigenvalue weighted by molar-refractivity contribution is 5.70. The Morgan fingerprint density at radius 3 is 2.72 bits per heavy atom. The molecule has 4 nitrogen and oxygen atoms in total. The van der Waals surface area contributed by atoms with Crippen LogP contribution < -0.4 is 0 Å². The van der Waals surface area contributed by atoms with Crippen molar-refractivity contribution >= 4 is 5.97 Å². The predicted molar refractivity (Wildman–Crippen MR) is 112 cm³/mol. The zero-order valence-corrected chi connectivity index (χ0v) is 18.1. The van der Waals surface area contributed by atoms with Crippen molar-refractivity contribution in [2.24, 2.45) is 11.8 Å². The Bertz CT molecular complexity index is 798. The summed E-state index contributed by atoms with van der Waals surface area (Å²) in [6.45, 7) is 8.42. The molecule has 158 valence electrons. The second-order valence-electron chi connectivity index (χ2n) is 9.65. The minimum absolute atomic E-state index is 0.133. The second-order valence-corrected chi connectivity index (χ2v) is 9.65. The molecule has 2 bridgehead atoms. The van der Waals surface area contributed by atoms with Crippen LogP contribution in [0, 0.1) is 11.8 Å². The molecule has 29 heavy (non-hydrogen) atoms. The van der Waals surface area contributed by atoms with Crippen molar-refractivity contribution < 1.29 is 19.4 Å². The summed E-state index contributed by atoms with van der Waals surface area (Å²) < 4.78 is 12.8. The van der Waals surface area contributed by atoms with Gasteiger partial charge >= 0.3 is 5.97 Å². The Hall–Kier alpha value is -1.65. The van der Waals surface area contributed by atoms with E-state index in [1.54, 1.807) is 0 Å². The fourth-order valence-corrected chi connectivity index (χ4v) is 5.80. The van der Waals surface area contributed by atoms with Gasteiger partial charge in [0.25, 0.3) is 0 Å². The van der Waals surface area contributed by atoms with E-state index in [1.165, 1.54) is 16.7 Å². The molecule has 0 aromatic heterocycles. The van der Waals surface area contributed by atoms with E-state index in [4.69, 9.17) is 9.47 Å². The van der Waals surface area contributed by atoms with Crippen LogP contribution in [0.1, 0.15) is 65.4 Å². The van der Waals surface area contributed by atoms with Gasteiger partial charge in [-0.2, -0.15) is 0 Å². The van der Waals surface area contributed by atoms with E-state index in [0.717, 1.165) is 25.7 Å². The number of fused-ring (bicyclic) bond motifs is 4. The number of carbonyl (C=O) groups excluding carboxylic acids is 1. The molecule has 2 fully saturated rings. The van der Waals surface area contributed by atoms with Crippen molar-refractivity contribution in [2.45, 2.75) is 89.6 Å². The van der Waals surface area contributed by atoms with Crippen molar-refractivity contribution in [1.29, 1.82) is 0 Å². The Labute approximate surface area is 174 Å². The predicted octanol–water partition coefficient (Wildman–Crippen LogP) is 4.60. The maximum atomic E-state index is 12.8. The van der Waals surface area contributed by atoms with Gasteiger partial charge in [0.05, 0.1) is 11.7 Å². The van der Waals surface area contributed by atoms with E-state index in [9.17, 15) is 9.90 Å². The third-order valence-electron chi connectivity index (χ3n) is 7.59. The molecule has 1 N–H and O–H groups in total. The molecule has 5 unspecified atom stereocenters. The maximum absolute atomic E-state index is 12.8. The quantitative estimate of drug-likeness (QED) is 0.562. The van der Waals surface area contributed by atoms with Crippen LogP contribution in [-0.2, 0) is 20.7 Å². The Kier molecular flexibility index (Phi) is 5.37. The lowest BCUT2D eigenvalue weighted by atomic mass is 9.74. The normalized spacial score (nSPS) is 35.9. The number of hydrogen-bond donors (Lipinski definition) is 1. The molecule has 1 aromatic rings. The largest absolute Gasteiger partial charge is 0.455 e. The zero-order valence-electron chi connectivity index (χ0n) is 18.1. The van der Waals surface area contributed by atoms with Crippen LogP contribution in [0.3, 0.4) is 0 Å². The fourth-order valence-electron chi connectivity index (χ4n) is 5.80. The molecule has 0 amide bonds. The third-order valence-corrected chi connectivity index (χ3v) is 7.59. The van der Waals surface area contributed by atoms with Crippen LogP contribution in [0.5, 0.6) is 0 Å². The highest BCUT2D eigenvalue weighted by Gasteiger charge is 2.68. The number of aryl methyl sites for hydroxylation is 1. The first-order valence-corrected chi connectivity index (χ1v) is 11.1. The molecular formula is C25H34O4. The van der Waals surface area contributed by atoms with Crippen LogP contribution in [0.4, 0.5) is 0 Å². The van der Waals surface area contributed by atoms with Gasteiger partial charge in [-0.3, -0.25) is 4.79 Å². The van der Waals surface area contributed by atoms with Gasteiger partial charge in [0, 0.05) is 18.8 Å². The molecule has 2 saturated heterocycles. The van der Waals surface area contributed by atoms with Gasteiger partial charge in [-0.1, -0.05) is 49.8 Å². The van der Waals surface area contributed by atoms with Crippen molar-refractivity contribution in [3.05, 3.63) is 47.0 Å². The van der Waals surface area contributed by atoms with Crippen molar-refractivity contribution in [3.8, 4) is 0 Å². The Balaban J connectivity index is 1.53. The molecule has 3 aliphatic rings. The van der Waals surface area contributed by atoms with Gasteiger partial charge in [0.1, 0.15) is 5.60 Å². The summed E-state index contributed by atoms with van der Waals surface area (Å²) in [5.74, 6) is 0.113. The SMILES string of the molecule is CC1=C2C(CC1)C1(C)OC(C(C)C)(CC1O)C2OC(=O)CCCc1ccccc1. The standard InChI is InChI=1S/C25H34O4/c1-16(2)25-15-20(26)24(4,29-25)19-14-13-17(3)22(19)23(25)28-21(27)12-8-11-18-9-6-5-7-10-18/h5-7,9-10,16,19-20,23,26H,8,11-15H2,1-4H3. The van der Waals surface area contributed by atoms with Crippen LogP contribution in [0.25, 0.3) is 0 Å². The number of esters is 1. The topological polar surface area (TPSA) is 55.8 Å². The van der Waals surface area contributed by atoms with E-state index in [0.29, 0.717) is 12.8 Å². The molecule has 4 heteroatoms. The first-order valence-electron chi connectivity index (χ1n) is 11.1. The number of ether oxygens (including phenoxy) is 2. The molecular weight excluding hydrogens is 364 g/mol. The van der Waals surface area contributed by atoms with Crippen molar-refractivity contribution in [2.75, 3.05) is 0 Å². The molecule has 2 heterocycles. The molecule has 1 aromatic carbocycles. The van der Waals surface area contributed by atoms with Crippen LogP contribution in [0.2, 0.25) is 0 Å². The van der Waals surface area contributed by atoms with E-state index >= 15 is 0 Å². The summed E-state index contributed by atoms with van der Waals surface area (Å²) >= 11 is 0. The highest BCUT2D eigenvalue weighted by atomic mass is 16.6. The number of aliphatic hydroxyl groups is 1. The summed E-state index contributed by atoms with van der Waals surface area (Å²) in [6.07, 6.45) is 3.60. The lowest BCUT2D eigenvalue weighted by Gasteiger charge is -2.50. The van der Waals surface area contributed by atoms with E-state index in [1.807, 2.05) is 25.1 Å². The first-order chi connectivity index (χ1) is 13.8. The Morgan fingerprint density at radius 1 is 1.31 bits per heavy atom. The molecule has 5 atom stereocenters. The van der Waals surface area contributed by atoms with E-state index in [2.05, 4.69) is 32.9 Å². The van der Waals surface area contributed by atoms with Crippen molar-refractivity contribution in [1.82, 2.24) is 0 Å². The molecule has 2 aliphatic heterocycles. The fraction of sp³-hybridized carbons (Fsp3) is 0.640. The summed E-state index contributed by atoms with van der Waals surface area (Å²) in [6, 6.07) is 10.2. The second kappa shape index (κ2) is 7.55. The average Bonchev–Trinajstić information content (AvgIpc) is 3.18. The summed E-state index contributed by atoms with van der Waals surface area (Å²) in [5.41, 5.74) is 2.56. The number of allylic oxidation sites excluding steroid dienone is 1. The average molecular weight is 399 g/mol. The van der Waals surface area contributed by atoms with Gasteiger partial charge in [-0.25, -0.2) is 0 Å². The van der Waals surface area contributed by atoms with Gasteiger partial charge in [0.15, 0.2) is 6.10 Å². The van der Waals surface area contributed by atoms with Crippen LogP contribution in [-0.4, -0.2) is 34.5 Å². The third kappa shape index (κ3) is 3.34. The number of aliphatic hydroxyl groups excluding tert-OH is 1. The number of hydrogen-bond acceptors (Lipinski definition) is 4. The highest BCUT2D eigenvalue weighted by Crippen LogP contribution is 2.60. The van der Waals surface area contributed by atoms with Crippen LogP contribution >= 0.6 is 0 Å². The first kappa shape index (κ1) is 20.6. The maximum Gasteiger partial charge on any atom is 0.306 e. The Morgan fingerprint density at radius 2 is 2.03 bits per heavy atom.